The van der Waals surface area contributed by atoms with E-state index in [2.05, 4.69) is 6.08 Å². The molecule has 0 rings (SSSR count). The Kier molecular flexibility index (Phi) is 12.2. The number of carboxylic acids is 1. The zero-order valence-electron chi connectivity index (χ0n) is 13.0. The summed E-state index contributed by atoms with van der Waals surface area (Å²) >= 11 is 0. The molecule has 21 heavy (non-hydrogen) atoms. The molecule has 0 amide bonds. The lowest BCUT2D eigenvalue weighted by molar-refractivity contribution is -0.941. The van der Waals surface area contributed by atoms with Crippen molar-refractivity contribution in [3.8, 4) is 0 Å². The van der Waals surface area contributed by atoms with E-state index in [9.17, 15) is 9.90 Å². The number of hydrogen-bond acceptors (Lipinski definition) is 5. The summed E-state index contributed by atoms with van der Waals surface area (Å²) in [5, 5.41) is 29.0. The van der Waals surface area contributed by atoms with E-state index in [1.54, 1.807) is 0 Å². The fraction of sp³-hybridized carbons (Fsp3) is 0.800. The van der Waals surface area contributed by atoms with Gasteiger partial charge in [0.15, 0.2) is 6.73 Å². The summed E-state index contributed by atoms with van der Waals surface area (Å²) in [7, 11) is 0. The van der Waals surface area contributed by atoms with Crippen LogP contribution in [-0.2, 0) is 9.53 Å². The molecule has 6 nitrogen and oxygen atoms in total. The van der Waals surface area contributed by atoms with E-state index in [4.69, 9.17) is 14.9 Å². The van der Waals surface area contributed by atoms with Crippen LogP contribution < -0.4 is 5.11 Å². The van der Waals surface area contributed by atoms with Gasteiger partial charge in [-0.05, 0) is 26.2 Å². The van der Waals surface area contributed by atoms with Crippen molar-refractivity contribution in [1.29, 1.82) is 0 Å². The second-order valence-electron chi connectivity index (χ2n) is 5.22. The normalized spacial score (nSPS) is 12.1. The molecule has 0 aromatic carbocycles. The largest absolute Gasteiger partial charge is 0.544 e. The molecule has 0 aliphatic rings. The predicted octanol–water partition coefficient (Wildman–Crippen LogP) is -0.352. The topological polar surface area (TPSA) is 89.8 Å². The van der Waals surface area contributed by atoms with E-state index >= 15 is 0 Å². The molecule has 0 fully saturated rings. The predicted molar refractivity (Wildman–Crippen MR) is 78.1 cm³/mol. The Morgan fingerprint density at radius 1 is 1.19 bits per heavy atom. The van der Waals surface area contributed by atoms with E-state index in [0.29, 0.717) is 6.61 Å². The standard InChI is InChI=1S/C15H29NO5/c1-2-3-4-5-6-7-12-21-14-16(8-10-17,9-11-18)13-15(19)20/h2-3,17-18H,4-14H2,1H3/b3-2+. The van der Waals surface area contributed by atoms with Gasteiger partial charge in [-0.3, -0.25) is 4.48 Å². The highest BCUT2D eigenvalue weighted by Gasteiger charge is 2.27. The number of aliphatic hydroxyl groups excluding tert-OH is 2. The molecule has 0 saturated carbocycles. The van der Waals surface area contributed by atoms with Gasteiger partial charge in [-0.1, -0.05) is 18.6 Å². The van der Waals surface area contributed by atoms with Gasteiger partial charge in [0.25, 0.3) is 0 Å². The number of unbranched alkanes of at least 4 members (excludes halogenated alkanes) is 3. The van der Waals surface area contributed by atoms with Crippen LogP contribution >= 0.6 is 0 Å². The zero-order chi connectivity index (χ0) is 16.0. The Balaban J connectivity index is 4.07. The third kappa shape index (κ3) is 10.4. The Bertz CT molecular complexity index is 288. The zero-order valence-corrected chi connectivity index (χ0v) is 13.0. The molecule has 0 spiro atoms. The number of hydrogen-bond donors (Lipinski definition) is 2. The number of ether oxygens (including phenoxy) is 1. The van der Waals surface area contributed by atoms with Crippen LogP contribution in [0.3, 0.4) is 0 Å². The third-order valence-electron chi connectivity index (χ3n) is 3.37. The van der Waals surface area contributed by atoms with Gasteiger partial charge in [-0.25, -0.2) is 0 Å². The van der Waals surface area contributed by atoms with Gasteiger partial charge >= 0.3 is 0 Å². The fourth-order valence-corrected chi connectivity index (χ4v) is 2.21. The molecule has 6 heteroatoms. The Hall–Kier alpha value is -0.950. The lowest BCUT2D eigenvalue weighted by Gasteiger charge is -2.37. The van der Waals surface area contributed by atoms with E-state index < -0.39 is 5.97 Å². The summed E-state index contributed by atoms with van der Waals surface area (Å²) in [5.74, 6) is -1.20. The van der Waals surface area contributed by atoms with Crippen LogP contribution in [0.15, 0.2) is 12.2 Å². The number of nitrogens with zero attached hydrogens (tertiary/aromatic N) is 1. The van der Waals surface area contributed by atoms with Crippen molar-refractivity contribution in [2.24, 2.45) is 0 Å². The summed E-state index contributed by atoms with van der Waals surface area (Å²) < 4.78 is 5.55. The maximum atomic E-state index is 10.8. The highest BCUT2D eigenvalue weighted by atomic mass is 16.5. The van der Waals surface area contributed by atoms with Gasteiger partial charge < -0.3 is 24.9 Å². The average Bonchev–Trinajstić information content (AvgIpc) is 2.41. The van der Waals surface area contributed by atoms with Crippen LogP contribution in [0.5, 0.6) is 0 Å². The van der Waals surface area contributed by atoms with Crippen molar-refractivity contribution in [3.05, 3.63) is 12.2 Å². The Morgan fingerprint density at radius 2 is 1.86 bits per heavy atom. The molecule has 2 N–H and O–H groups in total. The minimum atomic E-state index is -1.20. The highest BCUT2D eigenvalue weighted by molar-refractivity contribution is 5.65. The SMILES string of the molecule is C/C=C/CCCCCOC[N+](CCO)(CCO)CC(=O)[O-]. The maximum Gasteiger partial charge on any atom is 0.183 e. The number of quaternary nitrogens is 1. The molecule has 124 valence electrons. The van der Waals surface area contributed by atoms with Gasteiger partial charge in [-0.2, -0.15) is 0 Å². The fourth-order valence-electron chi connectivity index (χ4n) is 2.21. The van der Waals surface area contributed by atoms with E-state index in [1.165, 1.54) is 0 Å². The highest BCUT2D eigenvalue weighted by Crippen LogP contribution is 2.08. The van der Waals surface area contributed by atoms with Crippen LogP contribution in [0.1, 0.15) is 32.6 Å². The third-order valence-corrected chi connectivity index (χ3v) is 3.37. The van der Waals surface area contributed by atoms with Crippen LogP contribution in [0.2, 0.25) is 0 Å². The minimum absolute atomic E-state index is 0.00605. The van der Waals surface area contributed by atoms with E-state index in [-0.39, 0.29) is 44.1 Å². The van der Waals surface area contributed by atoms with Gasteiger partial charge in [0.1, 0.15) is 19.6 Å². The number of rotatable bonds is 14. The number of allylic oxidation sites excluding steroid dienone is 2. The van der Waals surface area contributed by atoms with Gasteiger partial charge in [-0.15, -0.1) is 0 Å². The number of carbonyl (C=O) groups excluding carboxylic acids is 1. The second-order valence-corrected chi connectivity index (χ2v) is 5.22. The molecule has 0 radical (unpaired) electrons. The molecule has 0 saturated heterocycles. The molecular weight excluding hydrogens is 274 g/mol. The van der Waals surface area contributed by atoms with Gasteiger partial charge in [0, 0.05) is 0 Å². The number of aliphatic carboxylic acids is 1. The summed E-state index contributed by atoms with van der Waals surface area (Å²) in [5.41, 5.74) is 0. The second kappa shape index (κ2) is 12.8. The van der Waals surface area contributed by atoms with Gasteiger partial charge in [0.2, 0.25) is 0 Å². The molecule has 0 aliphatic heterocycles. The molecule has 0 aromatic heterocycles. The molecule has 0 heterocycles. The van der Waals surface area contributed by atoms with Crippen LogP contribution in [0.4, 0.5) is 0 Å². The van der Waals surface area contributed by atoms with Crippen molar-refractivity contribution in [2.45, 2.75) is 32.6 Å². The van der Waals surface area contributed by atoms with E-state index in [1.807, 2.05) is 13.0 Å². The summed E-state index contributed by atoms with van der Waals surface area (Å²) in [6, 6.07) is 0. The first-order valence-corrected chi connectivity index (χ1v) is 7.56. The van der Waals surface area contributed by atoms with Crippen molar-refractivity contribution < 1.29 is 29.3 Å². The minimum Gasteiger partial charge on any atom is -0.544 e. The van der Waals surface area contributed by atoms with Crippen molar-refractivity contribution in [1.82, 2.24) is 0 Å². The van der Waals surface area contributed by atoms with Crippen molar-refractivity contribution in [2.75, 3.05) is 46.2 Å². The first-order valence-electron chi connectivity index (χ1n) is 7.56. The first kappa shape index (κ1) is 20.1. The lowest BCUT2D eigenvalue weighted by Crippen LogP contribution is -2.58. The molecule has 0 atom stereocenters. The van der Waals surface area contributed by atoms with Crippen LogP contribution in [0.25, 0.3) is 0 Å². The molecule has 0 unspecified atom stereocenters. The Morgan fingerprint density at radius 3 is 2.38 bits per heavy atom. The number of carboxylic acid groups (broad SMARTS) is 1. The molecule has 0 aliphatic carbocycles. The smallest absolute Gasteiger partial charge is 0.183 e. The number of aliphatic hydroxyl groups is 2. The molecular formula is C15H29NO5. The summed E-state index contributed by atoms with van der Waals surface area (Å²) in [6.07, 6.45) is 8.32. The first-order chi connectivity index (χ1) is 10.1. The van der Waals surface area contributed by atoms with E-state index in [0.717, 1.165) is 25.7 Å². The van der Waals surface area contributed by atoms with Crippen molar-refractivity contribution >= 4 is 5.97 Å². The maximum absolute atomic E-state index is 10.8. The Labute approximate surface area is 127 Å². The monoisotopic (exact) mass is 303 g/mol. The quantitative estimate of drug-likeness (QED) is 0.198. The average molecular weight is 303 g/mol. The van der Waals surface area contributed by atoms with Gasteiger partial charge in [0.05, 0.1) is 25.8 Å². The van der Waals surface area contributed by atoms with Crippen LogP contribution in [0, 0.1) is 0 Å². The van der Waals surface area contributed by atoms with Crippen molar-refractivity contribution in [3.63, 3.8) is 0 Å². The number of carbonyl (C=O) groups is 1. The lowest BCUT2D eigenvalue weighted by atomic mass is 10.2. The van der Waals surface area contributed by atoms with Crippen LogP contribution in [-0.4, -0.2) is 66.9 Å². The summed E-state index contributed by atoms with van der Waals surface area (Å²) in [6.45, 7) is 2.62. The molecule has 0 bridgehead atoms. The molecule has 0 aromatic rings. The summed E-state index contributed by atoms with van der Waals surface area (Å²) in [4.78, 5) is 10.8.